The summed E-state index contributed by atoms with van der Waals surface area (Å²) in [4.78, 5) is 0. The van der Waals surface area contributed by atoms with Gasteiger partial charge in [-0.3, -0.25) is 0 Å². The lowest BCUT2D eigenvalue weighted by Crippen LogP contribution is -2.55. The molecule has 4 unspecified atom stereocenters. The molecule has 3 saturated carbocycles. The van der Waals surface area contributed by atoms with Gasteiger partial charge in [0.2, 0.25) is 0 Å². The monoisotopic (exact) mass is 224 g/mol. The average Bonchev–Trinajstić information content (AvgIpc) is 2.27. The highest BCUT2D eigenvalue weighted by Gasteiger charge is 2.56. The molecule has 4 atom stereocenters. The van der Waals surface area contributed by atoms with Crippen LogP contribution in [0.25, 0.3) is 0 Å². The van der Waals surface area contributed by atoms with Gasteiger partial charge in [-0.05, 0) is 48.3 Å². The van der Waals surface area contributed by atoms with Crippen molar-refractivity contribution in [1.82, 2.24) is 0 Å². The van der Waals surface area contributed by atoms with E-state index in [9.17, 15) is 0 Å². The zero-order valence-corrected chi connectivity index (χ0v) is 11.5. The third-order valence-electron chi connectivity index (χ3n) is 5.57. The van der Waals surface area contributed by atoms with Crippen LogP contribution in [0.4, 0.5) is 0 Å². The van der Waals surface area contributed by atoms with Crippen molar-refractivity contribution in [2.45, 2.75) is 52.9 Å². The lowest BCUT2D eigenvalue weighted by atomic mass is 9.42. The largest absolute Gasteiger partial charge is 0.385 e. The van der Waals surface area contributed by atoms with E-state index < -0.39 is 0 Å². The molecule has 0 heterocycles. The van der Waals surface area contributed by atoms with E-state index in [1.807, 2.05) is 7.11 Å². The molecule has 1 heteroatoms. The van der Waals surface area contributed by atoms with Crippen molar-refractivity contribution in [2.75, 3.05) is 13.7 Å². The fourth-order valence-electron chi connectivity index (χ4n) is 4.45. The lowest BCUT2D eigenvalue weighted by Gasteiger charge is -2.63. The van der Waals surface area contributed by atoms with Crippen molar-refractivity contribution in [3.63, 3.8) is 0 Å². The minimum atomic E-state index is 0.628. The topological polar surface area (TPSA) is 9.23 Å². The van der Waals surface area contributed by atoms with Crippen molar-refractivity contribution >= 4 is 0 Å². The lowest BCUT2D eigenvalue weighted by molar-refractivity contribution is -0.141. The predicted molar refractivity (Wildman–Crippen MR) is 68.4 cm³/mol. The number of hydrogen-bond donors (Lipinski definition) is 0. The van der Waals surface area contributed by atoms with Crippen molar-refractivity contribution in [2.24, 2.45) is 29.1 Å². The Morgan fingerprint density at radius 1 is 1.19 bits per heavy atom. The molecule has 3 aliphatic rings. The molecule has 0 amide bonds. The first-order valence-corrected chi connectivity index (χ1v) is 7.10. The molecule has 1 nitrogen and oxygen atoms in total. The minimum absolute atomic E-state index is 0.628. The molecule has 0 aliphatic heterocycles. The Hall–Kier alpha value is -0.0400. The zero-order valence-electron chi connectivity index (χ0n) is 11.5. The molecule has 0 aromatic heterocycles. The van der Waals surface area contributed by atoms with Crippen LogP contribution in [0.5, 0.6) is 0 Å². The molecule has 0 radical (unpaired) electrons. The molecule has 3 fully saturated rings. The fraction of sp³-hybridized carbons (Fsp3) is 1.00. The van der Waals surface area contributed by atoms with E-state index in [2.05, 4.69) is 20.8 Å². The summed E-state index contributed by atoms with van der Waals surface area (Å²) in [6, 6.07) is 0. The highest BCUT2D eigenvalue weighted by molar-refractivity contribution is 5.05. The van der Waals surface area contributed by atoms with E-state index in [-0.39, 0.29) is 0 Å². The van der Waals surface area contributed by atoms with Crippen molar-refractivity contribution in [3.8, 4) is 0 Å². The summed E-state index contributed by atoms with van der Waals surface area (Å²) in [5, 5.41) is 0. The molecule has 16 heavy (non-hydrogen) atoms. The van der Waals surface area contributed by atoms with Gasteiger partial charge in [-0.1, -0.05) is 33.6 Å². The Labute approximate surface area is 101 Å². The smallest absolute Gasteiger partial charge is 0.0465 e. The fourth-order valence-corrected chi connectivity index (χ4v) is 4.45. The number of methoxy groups -OCH3 is 1. The van der Waals surface area contributed by atoms with Crippen LogP contribution in [0, 0.1) is 29.1 Å². The summed E-state index contributed by atoms with van der Waals surface area (Å²) in [6.45, 7) is 8.28. The van der Waals surface area contributed by atoms with Crippen molar-refractivity contribution < 1.29 is 4.74 Å². The average molecular weight is 224 g/mol. The molecule has 3 rings (SSSR count). The summed E-state index contributed by atoms with van der Waals surface area (Å²) < 4.78 is 5.30. The maximum Gasteiger partial charge on any atom is 0.0465 e. The first-order chi connectivity index (χ1) is 7.61. The summed E-state index contributed by atoms with van der Waals surface area (Å²) in [7, 11) is 1.84. The van der Waals surface area contributed by atoms with Crippen molar-refractivity contribution in [3.05, 3.63) is 0 Å². The summed E-state index contributed by atoms with van der Waals surface area (Å²) >= 11 is 0. The van der Waals surface area contributed by atoms with Crippen LogP contribution in [0.3, 0.4) is 0 Å². The van der Waals surface area contributed by atoms with Crippen LogP contribution in [0.2, 0.25) is 0 Å². The van der Waals surface area contributed by atoms with E-state index in [4.69, 9.17) is 4.74 Å². The quantitative estimate of drug-likeness (QED) is 0.682. The van der Waals surface area contributed by atoms with Crippen LogP contribution in [-0.4, -0.2) is 13.7 Å². The first-order valence-electron chi connectivity index (χ1n) is 7.10. The second-order valence-electron chi connectivity index (χ2n) is 6.59. The molecule has 0 N–H and O–H groups in total. The van der Waals surface area contributed by atoms with E-state index in [0.29, 0.717) is 5.41 Å². The van der Waals surface area contributed by atoms with E-state index in [1.54, 1.807) is 0 Å². The Morgan fingerprint density at radius 3 is 2.50 bits per heavy atom. The second-order valence-corrected chi connectivity index (χ2v) is 6.59. The normalized spacial score (nSPS) is 40.5. The van der Waals surface area contributed by atoms with Gasteiger partial charge >= 0.3 is 0 Å². The van der Waals surface area contributed by atoms with Crippen LogP contribution >= 0.6 is 0 Å². The van der Waals surface area contributed by atoms with Crippen LogP contribution in [0.1, 0.15) is 52.9 Å². The van der Waals surface area contributed by atoms with Gasteiger partial charge < -0.3 is 4.74 Å². The molecular weight excluding hydrogens is 196 g/mol. The highest BCUT2D eigenvalue weighted by atomic mass is 16.5. The zero-order chi connectivity index (χ0) is 11.8. The van der Waals surface area contributed by atoms with Gasteiger partial charge in [0.1, 0.15) is 0 Å². The molecule has 0 saturated heterocycles. The molecule has 2 bridgehead atoms. The molecule has 94 valence electrons. The summed E-state index contributed by atoms with van der Waals surface area (Å²) in [5.41, 5.74) is 0.628. The van der Waals surface area contributed by atoms with E-state index in [1.165, 1.54) is 32.1 Å². The Morgan fingerprint density at radius 2 is 1.94 bits per heavy atom. The van der Waals surface area contributed by atoms with E-state index in [0.717, 1.165) is 30.3 Å². The Bertz CT molecular complexity index is 234. The maximum absolute atomic E-state index is 5.30. The number of fused-ring (bicyclic) bond motifs is 2. The number of hydrogen-bond acceptors (Lipinski definition) is 1. The SMILES string of the molecule is CCCC1CC2CC(C1CCOC)C2(C)C. The van der Waals surface area contributed by atoms with Gasteiger partial charge in [0.25, 0.3) is 0 Å². The Kier molecular flexibility index (Phi) is 3.63. The highest BCUT2D eigenvalue weighted by Crippen LogP contribution is 2.64. The molecular formula is C15H28O. The summed E-state index contributed by atoms with van der Waals surface area (Å²) in [5.74, 6) is 3.95. The molecule has 0 aromatic rings. The Balaban J connectivity index is 2.01. The first kappa shape index (κ1) is 12.4. The van der Waals surface area contributed by atoms with E-state index >= 15 is 0 Å². The second kappa shape index (κ2) is 4.68. The standard InChI is InChI=1S/C15H28O/c1-5-6-11-9-12-10-14(15(12,2)3)13(11)7-8-16-4/h11-14H,5-10H2,1-4H3. The third kappa shape index (κ3) is 1.92. The predicted octanol–water partition coefficient (Wildman–Crippen LogP) is 4.12. The maximum atomic E-state index is 5.30. The van der Waals surface area contributed by atoms with Crippen molar-refractivity contribution in [1.29, 1.82) is 0 Å². The van der Waals surface area contributed by atoms with Crippen LogP contribution in [-0.2, 0) is 4.74 Å². The number of rotatable bonds is 5. The van der Waals surface area contributed by atoms with Gasteiger partial charge in [0.15, 0.2) is 0 Å². The van der Waals surface area contributed by atoms with Crippen LogP contribution < -0.4 is 0 Å². The van der Waals surface area contributed by atoms with Gasteiger partial charge in [-0.25, -0.2) is 0 Å². The van der Waals surface area contributed by atoms with Gasteiger partial charge in [-0.15, -0.1) is 0 Å². The third-order valence-corrected chi connectivity index (χ3v) is 5.57. The van der Waals surface area contributed by atoms with Gasteiger partial charge in [-0.2, -0.15) is 0 Å². The minimum Gasteiger partial charge on any atom is -0.385 e. The number of ether oxygens (including phenoxy) is 1. The molecule has 0 aromatic carbocycles. The molecule has 3 aliphatic carbocycles. The molecule has 0 spiro atoms. The van der Waals surface area contributed by atoms with Gasteiger partial charge in [0, 0.05) is 13.7 Å². The van der Waals surface area contributed by atoms with Gasteiger partial charge in [0.05, 0.1) is 0 Å². The summed E-state index contributed by atoms with van der Waals surface area (Å²) in [6.07, 6.45) is 7.08. The van der Waals surface area contributed by atoms with Crippen LogP contribution in [0.15, 0.2) is 0 Å².